The van der Waals surface area contributed by atoms with Crippen LogP contribution in [0.15, 0.2) is 24.3 Å². The Bertz CT molecular complexity index is 371. The van der Waals surface area contributed by atoms with Gasteiger partial charge in [0.2, 0.25) is 0 Å². The van der Waals surface area contributed by atoms with Gasteiger partial charge in [-0.15, -0.1) is 0 Å². The molecule has 1 saturated heterocycles. The summed E-state index contributed by atoms with van der Waals surface area (Å²) in [5, 5.41) is 0.706. The molecule has 1 heterocycles. The number of nitrogens with two attached hydrogens (primary N) is 1. The van der Waals surface area contributed by atoms with Crippen LogP contribution in [0.4, 0.5) is 0 Å². The van der Waals surface area contributed by atoms with E-state index in [1.807, 2.05) is 26.0 Å². The molecule has 2 N–H and O–H groups in total. The highest BCUT2D eigenvalue weighted by Gasteiger charge is 2.13. The fraction of sp³-hybridized carbons (Fsp3) is 0.562. The van der Waals surface area contributed by atoms with E-state index in [0.717, 1.165) is 12.1 Å². The van der Waals surface area contributed by atoms with Crippen molar-refractivity contribution in [2.75, 3.05) is 20.1 Å². The average Bonchev–Trinajstić information content (AvgIpc) is 2.79. The Morgan fingerprint density at radius 1 is 1.35 bits per heavy atom. The highest BCUT2D eigenvalue weighted by atomic mass is 35.5. The van der Waals surface area contributed by atoms with Crippen LogP contribution in [0.3, 0.4) is 0 Å². The van der Waals surface area contributed by atoms with E-state index >= 15 is 0 Å². The Balaban J connectivity index is 0.000000345. The van der Waals surface area contributed by atoms with E-state index in [1.54, 1.807) is 19.1 Å². The van der Waals surface area contributed by atoms with Gasteiger partial charge in [-0.2, -0.15) is 0 Å². The maximum atomic E-state index is 10.7. The predicted octanol–water partition coefficient (Wildman–Crippen LogP) is 3.15. The Morgan fingerprint density at radius 2 is 1.90 bits per heavy atom. The number of carbonyl (C=O) groups excluding carboxylic acids is 1. The average molecular weight is 299 g/mol. The first-order valence-electron chi connectivity index (χ1n) is 7.15. The van der Waals surface area contributed by atoms with Crippen LogP contribution in [0.2, 0.25) is 5.02 Å². The van der Waals surface area contributed by atoms with Gasteiger partial charge in [0, 0.05) is 24.0 Å². The fourth-order valence-electron chi connectivity index (χ4n) is 1.86. The van der Waals surface area contributed by atoms with Gasteiger partial charge in [0.15, 0.2) is 0 Å². The lowest BCUT2D eigenvalue weighted by Gasteiger charge is -2.03. The van der Waals surface area contributed by atoms with E-state index in [-0.39, 0.29) is 5.78 Å². The van der Waals surface area contributed by atoms with Crippen molar-refractivity contribution >= 4 is 17.4 Å². The van der Waals surface area contributed by atoms with E-state index in [9.17, 15) is 4.79 Å². The van der Waals surface area contributed by atoms with E-state index in [1.165, 1.54) is 13.0 Å². The largest absolute Gasteiger partial charge is 0.326 e. The molecule has 0 radical (unpaired) electrons. The van der Waals surface area contributed by atoms with Crippen molar-refractivity contribution in [1.29, 1.82) is 0 Å². The van der Waals surface area contributed by atoms with Crippen LogP contribution >= 0.6 is 11.6 Å². The number of benzene rings is 1. The highest BCUT2D eigenvalue weighted by molar-refractivity contribution is 6.30. The van der Waals surface area contributed by atoms with Crippen molar-refractivity contribution in [1.82, 2.24) is 4.90 Å². The standard InChI is InChI=1S/C9H9ClO.C5H12N2.C2H6/c1-7(11)6-8-2-4-9(10)5-3-8;1-7-3-2-5(6)4-7;1-2/h2-5H,6H2,1H3;5H,2-4,6H2,1H3;1-2H3. The maximum absolute atomic E-state index is 10.7. The first-order chi connectivity index (χ1) is 9.47. The lowest BCUT2D eigenvalue weighted by molar-refractivity contribution is -0.116. The zero-order chi connectivity index (χ0) is 15.5. The van der Waals surface area contributed by atoms with Crippen molar-refractivity contribution < 1.29 is 4.79 Å². The Hall–Kier alpha value is -0.900. The van der Waals surface area contributed by atoms with Gasteiger partial charge in [-0.25, -0.2) is 0 Å². The van der Waals surface area contributed by atoms with Gasteiger partial charge in [0.25, 0.3) is 0 Å². The molecule has 0 aromatic heterocycles. The van der Waals surface area contributed by atoms with E-state index < -0.39 is 0 Å². The molecule has 1 fully saturated rings. The molecule has 20 heavy (non-hydrogen) atoms. The Morgan fingerprint density at radius 3 is 2.20 bits per heavy atom. The number of Topliss-reactive ketones (excluding diaryl/α,β-unsaturated/α-hetero) is 1. The zero-order valence-corrected chi connectivity index (χ0v) is 13.8. The lowest BCUT2D eigenvalue weighted by Crippen LogP contribution is -2.23. The minimum absolute atomic E-state index is 0.173. The molecule has 1 aromatic rings. The molecule has 1 aliphatic heterocycles. The van der Waals surface area contributed by atoms with Gasteiger partial charge in [-0.3, -0.25) is 4.79 Å². The number of nitrogens with zero attached hydrogens (tertiary/aromatic N) is 1. The molecule has 0 bridgehead atoms. The summed E-state index contributed by atoms with van der Waals surface area (Å²) in [5.41, 5.74) is 6.60. The summed E-state index contributed by atoms with van der Waals surface area (Å²) in [5.74, 6) is 0.173. The number of likely N-dealkylation sites (N-methyl/N-ethyl adjacent to an activating group) is 1. The van der Waals surface area contributed by atoms with Crippen molar-refractivity contribution in [3.63, 3.8) is 0 Å². The Kier molecular flexibility index (Phi) is 10.3. The van der Waals surface area contributed by atoms with Crippen molar-refractivity contribution in [3.05, 3.63) is 34.9 Å². The van der Waals surface area contributed by atoms with Gasteiger partial charge in [-0.05, 0) is 44.6 Å². The molecule has 1 aromatic carbocycles. The minimum Gasteiger partial charge on any atom is -0.326 e. The molecule has 1 aliphatic rings. The topological polar surface area (TPSA) is 46.3 Å². The van der Waals surface area contributed by atoms with Crippen LogP contribution in [-0.2, 0) is 11.2 Å². The summed E-state index contributed by atoms with van der Waals surface area (Å²) in [6, 6.07) is 7.76. The van der Waals surface area contributed by atoms with Gasteiger partial charge in [0.1, 0.15) is 5.78 Å². The molecule has 1 atom stereocenters. The molecular formula is C16H27ClN2O. The first-order valence-corrected chi connectivity index (χ1v) is 7.53. The molecule has 0 saturated carbocycles. The van der Waals surface area contributed by atoms with E-state index in [4.69, 9.17) is 17.3 Å². The molecule has 4 heteroatoms. The quantitative estimate of drug-likeness (QED) is 0.912. The summed E-state index contributed by atoms with van der Waals surface area (Å²) in [7, 11) is 2.10. The van der Waals surface area contributed by atoms with Crippen LogP contribution < -0.4 is 5.73 Å². The third-order valence-electron chi connectivity index (χ3n) is 2.79. The van der Waals surface area contributed by atoms with Crippen LogP contribution in [-0.4, -0.2) is 36.9 Å². The smallest absolute Gasteiger partial charge is 0.134 e. The number of likely N-dealkylation sites (tertiary alicyclic amines) is 1. The van der Waals surface area contributed by atoms with E-state index in [0.29, 0.717) is 17.5 Å². The zero-order valence-electron chi connectivity index (χ0n) is 13.0. The lowest BCUT2D eigenvalue weighted by atomic mass is 10.1. The molecule has 1 unspecified atom stereocenters. The second-order valence-electron chi connectivity index (χ2n) is 4.82. The summed E-state index contributed by atoms with van der Waals surface area (Å²) < 4.78 is 0. The summed E-state index contributed by atoms with van der Waals surface area (Å²) >= 11 is 5.66. The van der Waals surface area contributed by atoms with Crippen LogP contribution in [0, 0.1) is 0 Å². The Labute approximate surface area is 128 Å². The van der Waals surface area contributed by atoms with Crippen LogP contribution in [0.1, 0.15) is 32.8 Å². The summed E-state index contributed by atoms with van der Waals surface area (Å²) in [6.45, 7) is 7.84. The second-order valence-corrected chi connectivity index (χ2v) is 5.25. The number of halogens is 1. The third kappa shape index (κ3) is 9.08. The molecule has 114 valence electrons. The molecule has 0 spiro atoms. The molecular weight excluding hydrogens is 272 g/mol. The molecule has 0 aliphatic carbocycles. The molecule has 0 amide bonds. The van der Waals surface area contributed by atoms with Crippen molar-refractivity contribution in [3.8, 4) is 0 Å². The van der Waals surface area contributed by atoms with Crippen LogP contribution in [0.25, 0.3) is 0 Å². The monoisotopic (exact) mass is 298 g/mol. The minimum atomic E-state index is 0.173. The highest BCUT2D eigenvalue weighted by Crippen LogP contribution is 2.09. The maximum Gasteiger partial charge on any atom is 0.134 e. The molecule has 2 rings (SSSR count). The normalized spacial score (nSPS) is 17.6. The second kappa shape index (κ2) is 10.8. The van der Waals surface area contributed by atoms with Gasteiger partial charge in [-0.1, -0.05) is 37.6 Å². The summed E-state index contributed by atoms with van der Waals surface area (Å²) in [4.78, 5) is 12.9. The summed E-state index contributed by atoms with van der Waals surface area (Å²) in [6.07, 6.45) is 1.67. The van der Waals surface area contributed by atoms with Gasteiger partial charge < -0.3 is 10.6 Å². The molecule has 3 nitrogen and oxygen atoms in total. The van der Waals surface area contributed by atoms with Gasteiger partial charge >= 0.3 is 0 Å². The third-order valence-corrected chi connectivity index (χ3v) is 3.05. The number of ketones is 1. The number of hydrogen-bond donors (Lipinski definition) is 1. The number of rotatable bonds is 2. The SMILES string of the molecule is CC.CC(=O)Cc1ccc(Cl)cc1.CN1CCC(N)C1. The van der Waals surface area contributed by atoms with Gasteiger partial charge in [0.05, 0.1) is 0 Å². The van der Waals surface area contributed by atoms with Crippen molar-refractivity contribution in [2.24, 2.45) is 5.73 Å². The van der Waals surface area contributed by atoms with E-state index in [2.05, 4.69) is 11.9 Å². The fourth-order valence-corrected chi connectivity index (χ4v) is 1.98. The first kappa shape index (κ1) is 19.1. The van der Waals surface area contributed by atoms with Crippen LogP contribution in [0.5, 0.6) is 0 Å². The number of hydrogen-bond acceptors (Lipinski definition) is 3. The van der Waals surface area contributed by atoms with Crippen molar-refractivity contribution in [2.45, 2.75) is 39.7 Å². The number of carbonyl (C=O) groups is 1. The predicted molar refractivity (Wildman–Crippen MR) is 87.3 cm³/mol.